The van der Waals surface area contributed by atoms with Crippen molar-refractivity contribution in [3.8, 4) is 34.4 Å². The van der Waals surface area contributed by atoms with E-state index >= 15 is 0 Å². The van der Waals surface area contributed by atoms with Crippen molar-refractivity contribution in [2.75, 3.05) is 0 Å². The maximum atomic E-state index is 6.01. The molecule has 0 unspecified atom stereocenters. The van der Waals surface area contributed by atoms with Gasteiger partial charge >= 0.3 is 0 Å². The number of para-hydroxylation sites is 1. The van der Waals surface area contributed by atoms with Crippen LogP contribution in [0.4, 0.5) is 0 Å². The van der Waals surface area contributed by atoms with E-state index in [1.54, 1.807) is 0 Å². The van der Waals surface area contributed by atoms with Crippen LogP contribution in [-0.2, 0) is 0 Å². The van der Waals surface area contributed by atoms with Gasteiger partial charge < -0.3 is 13.3 Å². The van der Waals surface area contributed by atoms with Crippen molar-refractivity contribution in [2.24, 2.45) is 0 Å². The summed E-state index contributed by atoms with van der Waals surface area (Å²) < 4.78 is 17.9. The van der Waals surface area contributed by atoms with Crippen LogP contribution in [0.1, 0.15) is 0 Å². The van der Waals surface area contributed by atoms with Gasteiger partial charge in [-0.3, -0.25) is 0 Å². The summed E-state index contributed by atoms with van der Waals surface area (Å²) >= 11 is 0. The van der Waals surface area contributed by atoms with E-state index in [0.717, 1.165) is 49.6 Å². The molecule has 33 heavy (non-hydrogen) atoms. The molecule has 0 saturated heterocycles. The highest BCUT2D eigenvalue weighted by molar-refractivity contribution is 5.97. The van der Waals surface area contributed by atoms with Gasteiger partial charge in [-0.15, -0.1) is 10.2 Å². The number of rotatable bonds is 3. The first-order chi connectivity index (χ1) is 16.3. The first-order valence-corrected chi connectivity index (χ1v) is 10.7. The molecule has 0 N–H and O–H groups in total. The van der Waals surface area contributed by atoms with Crippen molar-refractivity contribution in [1.29, 1.82) is 0 Å². The molecule has 4 aromatic carbocycles. The van der Waals surface area contributed by atoms with Crippen LogP contribution in [0.2, 0.25) is 0 Å². The predicted octanol–water partition coefficient (Wildman–Crippen LogP) is 7.72. The van der Waals surface area contributed by atoms with E-state index in [2.05, 4.69) is 28.4 Å². The normalized spacial score (nSPS) is 11.6. The molecule has 156 valence electrons. The molecule has 7 aromatic rings. The van der Waals surface area contributed by atoms with Crippen molar-refractivity contribution in [1.82, 2.24) is 10.2 Å². The highest BCUT2D eigenvalue weighted by atomic mass is 16.4. The van der Waals surface area contributed by atoms with E-state index in [-0.39, 0.29) is 0 Å². The number of fused-ring (bicyclic) bond motifs is 3. The largest absolute Gasteiger partial charge is 0.456 e. The quantitative estimate of drug-likeness (QED) is 0.288. The maximum absolute atomic E-state index is 6.01. The van der Waals surface area contributed by atoms with Crippen molar-refractivity contribution in [3.63, 3.8) is 0 Å². The van der Waals surface area contributed by atoms with E-state index in [1.165, 1.54) is 0 Å². The number of furan rings is 2. The Morgan fingerprint density at radius 2 is 1.06 bits per heavy atom. The van der Waals surface area contributed by atoms with Gasteiger partial charge in [-0.1, -0.05) is 54.6 Å². The highest BCUT2D eigenvalue weighted by Gasteiger charge is 2.16. The van der Waals surface area contributed by atoms with Crippen LogP contribution in [0.25, 0.3) is 67.1 Å². The molecule has 0 radical (unpaired) electrons. The third kappa shape index (κ3) is 3.02. The molecule has 0 bridgehead atoms. The summed E-state index contributed by atoms with van der Waals surface area (Å²) in [6.45, 7) is 0. The SMILES string of the molecule is c1ccc2cc3oc(-c4nnc(-c5ccc(-c6cc7ccccc7o6)cc5)o4)cc3cc2c1. The Labute approximate surface area is 187 Å². The van der Waals surface area contributed by atoms with Crippen LogP contribution in [0, 0.1) is 0 Å². The standard InChI is InChI=1S/C28H16N2O3/c1-2-6-20-14-25-22(13-19(20)5-1)16-26(32-25)28-30-29-27(33-28)18-11-9-17(10-12-18)24-15-21-7-3-4-8-23(21)31-24/h1-16H. The zero-order valence-electron chi connectivity index (χ0n) is 17.4. The van der Waals surface area contributed by atoms with Crippen molar-refractivity contribution in [3.05, 3.63) is 97.1 Å². The number of hydrogen-bond donors (Lipinski definition) is 0. The fourth-order valence-corrected chi connectivity index (χ4v) is 4.17. The molecule has 0 aliphatic carbocycles. The molecule has 0 saturated carbocycles. The lowest BCUT2D eigenvalue weighted by molar-refractivity contribution is 0.542. The molecule has 0 aliphatic heterocycles. The van der Waals surface area contributed by atoms with Gasteiger partial charge in [0, 0.05) is 21.9 Å². The highest BCUT2D eigenvalue weighted by Crippen LogP contribution is 2.33. The third-order valence-electron chi connectivity index (χ3n) is 5.86. The molecule has 0 aliphatic rings. The lowest BCUT2D eigenvalue weighted by atomic mass is 10.1. The smallest absolute Gasteiger partial charge is 0.283 e. The second kappa shape index (κ2) is 6.93. The lowest BCUT2D eigenvalue weighted by Gasteiger charge is -1.98. The van der Waals surface area contributed by atoms with Crippen LogP contribution in [0.3, 0.4) is 0 Å². The van der Waals surface area contributed by atoms with Crippen molar-refractivity contribution < 1.29 is 13.3 Å². The number of hydrogen-bond acceptors (Lipinski definition) is 5. The van der Waals surface area contributed by atoms with Gasteiger partial charge in [0.25, 0.3) is 5.89 Å². The Balaban J connectivity index is 1.21. The number of nitrogens with zero attached hydrogens (tertiary/aromatic N) is 2. The van der Waals surface area contributed by atoms with Gasteiger partial charge in [0.1, 0.15) is 16.9 Å². The van der Waals surface area contributed by atoms with Crippen molar-refractivity contribution >= 4 is 32.7 Å². The van der Waals surface area contributed by atoms with Crippen molar-refractivity contribution in [2.45, 2.75) is 0 Å². The molecule has 7 rings (SSSR count). The molecule has 3 aromatic heterocycles. The first-order valence-electron chi connectivity index (χ1n) is 10.7. The molecule has 0 amide bonds. The fourth-order valence-electron chi connectivity index (χ4n) is 4.17. The van der Waals surface area contributed by atoms with E-state index in [9.17, 15) is 0 Å². The summed E-state index contributed by atoms with van der Waals surface area (Å²) in [7, 11) is 0. The maximum Gasteiger partial charge on any atom is 0.283 e. The Hall–Kier alpha value is -4.64. The molecule has 3 heterocycles. The second-order valence-electron chi connectivity index (χ2n) is 7.99. The summed E-state index contributed by atoms with van der Waals surface area (Å²) in [6.07, 6.45) is 0. The lowest BCUT2D eigenvalue weighted by Crippen LogP contribution is -1.79. The topological polar surface area (TPSA) is 65.2 Å². The van der Waals surface area contributed by atoms with Gasteiger partial charge in [-0.05, 0) is 53.2 Å². The second-order valence-corrected chi connectivity index (χ2v) is 7.99. The van der Waals surface area contributed by atoms with Crippen LogP contribution >= 0.6 is 0 Å². The zero-order valence-corrected chi connectivity index (χ0v) is 17.4. The van der Waals surface area contributed by atoms with E-state index in [4.69, 9.17) is 13.3 Å². The minimum atomic E-state index is 0.353. The van der Waals surface area contributed by atoms with Crippen LogP contribution < -0.4 is 0 Å². The zero-order chi connectivity index (χ0) is 21.8. The average Bonchev–Trinajstić information content (AvgIpc) is 3.60. The summed E-state index contributed by atoms with van der Waals surface area (Å²) in [5.41, 5.74) is 3.48. The Morgan fingerprint density at radius 1 is 0.424 bits per heavy atom. The molecule has 0 atom stereocenters. The van der Waals surface area contributed by atoms with Gasteiger partial charge in [0.05, 0.1) is 0 Å². The van der Waals surface area contributed by atoms with E-state index in [0.29, 0.717) is 17.5 Å². The minimum Gasteiger partial charge on any atom is -0.456 e. The van der Waals surface area contributed by atoms with Gasteiger partial charge in [0.2, 0.25) is 5.89 Å². The molecular weight excluding hydrogens is 412 g/mol. The van der Waals surface area contributed by atoms with Crippen LogP contribution in [0.5, 0.6) is 0 Å². The van der Waals surface area contributed by atoms with Crippen LogP contribution in [-0.4, -0.2) is 10.2 Å². The summed E-state index contributed by atoms with van der Waals surface area (Å²) in [5, 5.41) is 12.8. The summed E-state index contributed by atoms with van der Waals surface area (Å²) in [6, 6.07) is 32.2. The Bertz CT molecular complexity index is 1680. The molecular formula is C28H16N2O3. The molecule has 0 fully saturated rings. The molecule has 0 spiro atoms. The average molecular weight is 428 g/mol. The van der Waals surface area contributed by atoms with Gasteiger partial charge in [-0.25, -0.2) is 0 Å². The molecule has 5 nitrogen and oxygen atoms in total. The minimum absolute atomic E-state index is 0.353. The summed E-state index contributed by atoms with van der Waals surface area (Å²) in [4.78, 5) is 0. The Morgan fingerprint density at radius 3 is 1.88 bits per heavy atom. The van der Waals surface area contributed by atoms with E-state index < -0.39 is 0 Å². The molecule has 5 heteroatoms. The number of benzene rings is 4. The predicted molar refractivity (Wildman–Crippen MR) is 128 cm³/mol. The monoisotopic (exact) mass is 428 g/mol. The Kier molecular flexibility index (Phi) is 3.78. The van der Waals surface area contributed by atoms with Gasteiger partial charge in [0.15, 0.2) is 5.76 Å². The van der Waals surface area contributed by atoms with E-state index in [1.807, 2.05) is 78.9 Å². The number of aromatic nitrogens is 2. The van der Waals surface area contributed by atoms with Crippen LogP contribution in [0.15, 0.2) is 110 Å². The third-order valence-corrected chi connectivity index (χ3v) is 5.86. The van der Waals surface area contributed by atoms with Gasteiger partial charge in [-0.2, -0.15) is 0 Å². The first kappa shape index (κ1) is 18.0. The fraction of sp³-hybridized carbons (Fsp3) is 0. The summed E-state index contributed by atoms with van der Waals surface area (Å²) in [5.74, 6) is 2.17.